The molecule has 1 amide bonds. The summed E-state index contributed by atoms with van der Waals surface area (Å²) < 4.78 is 0. The SMILES string of the molecule is CN=C(NCC1(C(=O)N(C)C)CCCC1)N1CCC(CN2CCCCC2)C1. The first kappa shape index (κ1) is 20.4. The van der Waals surface area contributed by atoms with E-state index in [0.29, 0.717) is 6.54 Å². The Morgan fingerprint density at radius 2 is 1.81 bits per heavy atom. The van der Waals surface area contributed by atoms with E-state index in [-0.39, 0.29) is 11.3 Å². The van der Waals surface area contributed by atoms with Crippen LogP contribution in [-0.2, 0) is 4.79 Å². The van der Waals surface area contributed by atoms with Gasteiger partial charge in [0.1, 0.15) is 0 Å². The van der Waals surface area contributed by atoms with E-state index in [1.54, 1.807) is 4.90 Å². The molecule has 2 heterocycles. The number of hydrogen-bond acceptors (Lipinski definition) is 3. The van der Waals surface area contributed by atoms with Crippen molar-refractivity contribution in [2.24, 2.45) is 16.3 Å². The largest absolute Gasteiger partial charge is 0.355 e. The molecule has 0 aromatic carbocycles. The Balaban J connectivity index is 1.52. The van der Waals surface area contributed by atoms with Crippen molar-refractivity contribution in [1.82, 2.24) is 20.0 Å². The van der Waals surface area contributed by atoms with E-state index in [0.717, 1.165) is 50.7 Å². The second-order valence-corrected chi connectivity index (χ2v) is 9.05. The maximum Gasteiger partial charge on any atom is 0.230 e. The fourth-order valence-electron chi connectivity index (χ4n) is 5.25. The van der Waals surface area contributed by atoms with Gasteiger partial charge < -0.3 is 20.0 Å². The van der Waals surface area contributed by atoms with Gasteiger partial charge in [0.2, 0.25) is 5.91 Å². The molecule has 1 saturated carbocycles. The first-order valence-electron chi connectivity index (χ1n) is 10.9. The number of likely N-dealkylation sites (tertiary alicyclic amines) is 2. The summed E-state index contributed by atoms with van der Waals surface area (Å²) in [5.74, 6) is 1.99. The van der Waals surface area contributed by atoms with Gasteiger partial charge in [0, 0.05) is 47.3 Å². The van der Waals surface area contributed by atoms with Crippen LogP contribution < -0.4 is 5.32 Å². The Bertz CT molecular complexity index is 521. The summed E-state index contributed by atoms with van der Waals surface area (Å²) in [5, 5.41) is 3.57. The zero-order valence-electron chi connectivity index (χ0n) is 17.7. The highest BCUT2D eigenvalue weighted by Crippen LogP contribution is 2.39. The van der Waals surface area contributed by atoms with Gasteiger partial charge in [-0.1, -0.05) is 19.3 Å². The topological polar surface area (TPSA) is 51.2 Å². The van der Waals surface area contributed by atoms with E-state index < -0.39 is 0 Å². The van der Waals surface area contributed by atoms with E-state index in [4.69, 9.17) is 0 Å². The van der Waals surface area contributed by atoms with Gasteiger partial charge in [-0.05, 0) is 51.1 Å². The van der Waals surface area contributed by atoms with Crippen molar-refractivity contribution in [3.63, 3.8) is 0 Å². The van der Waals surface area contributed by atoms with Gasteiger partial charge in [-0.3, -0.25) is 9.79 Å². The zero-order chi connectivity index (χ0) is 19.3. The molecule has 1 atom stereocenters. The van der Waals surface area contributed by atoms with Crippen LogP contribution in [-0.4, -0.2) is 87.0 Å². The molecule has 2 aliphatic heterocycles. The Kier molecular flexibility index (Phi) is 7.01. The maximum atomic E-state index is 12.8. The van der Waals surface area contributed by atoms with Crippen molar-refractivity contribution < 1.29 is 4.79 Å². The summed E-state index contributed by atoms with van der Waals surface area (Å²) in [6.45, 7) is 6.66. The molecule has 6 heteroatoms. The smallest absolute Gasteiger partial charge is 0.230 e. The molecule has 1 unspecified atom stereocenters. The summed E-state index contributed by atoms with van der Waals surface area (Å²) in [5.41, 5.74) is -0.244. The lowest BCUT2D eigenvalue weighted by Gasteiger charge is -2.33. The number of guanidine groups is 1. The standard InChI is InChI=1S/C21H39N5O/c1-22-20(23-17-21(10-5-6-11-21)19(27)24(2)3)26-14-9-18(16-26)15-25-12-7-4-8-13-25/h18H,4-17H2,1-3H3,(H,22,23). The number of hydrogen-bond donors (Lipinski definition) is 1. The fraction of sp³-hybridized carbons (Fsp3) is 0.905. The van der Waals surface area contributed by atoms with Gasteiger partial charge >= 0.3 is 0 Å². The lowest BCUT2D eigenvalue weighted by atomic mass is 9.84. The van der Waals surface area contributed by atoms with Crippen molar-refractivity contribution in [3.05, 3.63) is 0 Å². The van der Waals surface area contributed by atoms with Crippen LogP contribution in [0.25, 0.3) is 0 Å². The number of nitrogens with zero attached hydrogens (tertiary/aromatic N) is 4. The number of carbonyl (C=O) groups is 1. The lowest BCUT2D eigenvalue weighted by molar-refractivity contribution is -0.138. The minimum absolute atomic E-state index is 0.244. The highest BCUT2D eigenvalue weighted by molar-refractivity contribution is 5.85. The molecule has 0 spiro atoms. The van der Waals surface area contributed by atoms with E-state index in [2.05, 4.69) is 20.1 Å². The van der Waals surface area contributed by atoms with Crippen LogP contribution in [0.2, 0.25) is 0 Å². The van der Waals surface area contributed by atoms with Crippen molar-refractivity contribution in [2.45, 2.75) is 51.4 Å². The highest BCUT2D eigenvalue weighted by atomic mass is 16.2. The van der Waals surface area contributed by atoms with Gasteiger partial charge in [0.05, 0.1) is 5.41 Å². The van der Waals surface area contributed by atoms with Crippen molar-refractivity contribution >= 4 is 11.9 Å². The van der Waals surface area contributed by atoms with Crippen LogP contribution in [0.4, 0.5) is 0 Å². The lowest BCUT2D eigenvalue weighted by Crippen LogP contribution is -2.50. The molecule has 0 aromatic heterocycles. The molecule has 0 radical (unpaired) electrons. The van der Waals surface area contributed by atoms with Gasteiger partial charge in [-0.15, -0.1) is 0 Å². The normalized spacial score (nSPS) is 26.4. The molecule has 154 valence electrons. The van der Waals surface area contributed by atoms with Crippen LogP contribution in [0, 0.1) is 11.3 Å². The Labute approximate surface area is 165 Å². The summed E-state index contributed by atoms with van der Waals surface area (Å²) in [6.07, 6.45) is 9.67. The number of rotatable bonds is 5. The van der Waals surface area contributed by atoms with E-state index in [1.165, 1.54) is 45.3 Å². The highest BCUT2D eigenvalue weighted by Gasteiger charge is 2.42. The molecule has 3 rings (SSSR count). The van der Waals surface area contributed by atoms with Crippen LogP contribution in [0.1, 0.15) is 51.4 Å². The maximum absolute atomic E-state index is 12.8. The summed E-state index contributed by atoms with van der Waals surface area (Å²) >= 11 is 0. The third kappa shape index (κ3) is 4.95. The number of amides is 1. The molecule has 1 aliphatic carbocycles. The van der Waals surface area contributed by atoms with Crippen LogP contribution in [0.15, 0.2) is 4.99 Å². The third-order valence-corrected chi connectivity index (χ3v) is 6.77. The minimum Gasteiger partial charge on any atom is -0.355 e. The number of carbonyl (C=O) groups excluding carboxylic acids is 1. The first-order valence-corrected chi connectivity index (χ1v) is 10.9. The predicted molar refractivity (Wildman–Crippen MR) is 111 cm³/mol. The molecule has 27 heavy (non-hydrogen) atoms. The summed E-state index contributed by atoms with van der Waals surface area (Å²) in [6, 6.07) is 0. The fourth-order valence-corrected chi connectivity index (χ4v) is 5.25. The minimum atomic E-state index is -0.244. The van der Waals surface area contributed by atoms with E-state index in [9.17, 15) is 4.79 Å². The molecule has 0 bridgehead atoms. The second-order valence-electron chi connectivity index (χ2n) is 9.05. The monoisotopic (exact) mass is 377 g/mol. The van der Waals surface area contributed by atoms with E-state index in [1.807, 2.05) is 21.1 Å². The summed E-state index contributed by atoms with van der Waals surface area (Å²) in [7, 11) is 5.63. The molecular weight excluding hydrogens is 338 g/mol. The molecule has 6 nitrogen and oxygen atoms in total. The third-order valence-electron chi connectivity index (χ3n) is 6.77. The van der Waals surface area contributed by atoms with Crippen LogP contribution >= 0.6 is 0 Å². The second kappa shape index (κ2) is 9.26. The average Bonchev–Trinajstić information content (AvgIpc) is 3.33. The van der Waals surface area contributed by atoms with Gasteiger partial charge in [0.15, 0.2) is 5.96 Å². The van der Waals surface area contributed by atoms with E-state index >= 15 is 0 Å². The van der Waals surface area contributed by atoms with Crippen molar-refractivity contribution in [2.75, 3.05) is 60.4 Å². The molecular formula is C21H39N5O. The quantitative estimate of drug-likeness (QED) is 0.588. The number of aliphatic imine (C=N–C) groups is 1. The Morgan fingerprint density at radius 3 is 2.44 bits per heavy atom. The summed E-state index contributed by atoms with van der Waals surface area (Å²) in [4.78, 5) is 24.1. The molecule has 1 N–H and O–H groups in total. The number of nitrogens with one attached hydrogen (secondary N) is 1. The van der Waals surface area contributed by atoms with Gasteiger partial charge in [-0.2, -0.15) is 0 Å². The number of piperidine rings is 1. The molecule has 3 aliphatic rings. The first-order chi connectivity index (χ1) is 13.0. The van der Waals surface area contributed by atoms with Crippen LogP contribution in [0.5, 0.6) is 0 Å². The Morgan fingerprint density at radius 1 is 1.11 bits per heavy atom. The Hall–Kier alpha value is -1.30. The van der Waals surface area contributed by atoms with Gasteiger partial charge in [0.25, 0.3) is 0 Å². The molecule has 2 saturated heterocycles. The van der Waals surface area contributed by atoms with Crippen LogP contribution in [0.3, 0.4) is 0 Å². The van der Waals surface area contributed by atoms with Crippen molar-refractivity contribution in [3.8, 4) is 0 Å². The molecule has 0 aromatic rings. The molecule has 3 fully saturated rings. The average molecular weight is 378 g/mol. The van der Waals surface area contributed by atoms with Crippen molar-refractivity contribution in [1.29, 1.82) is 0 Å². The predicted octanol–water partition coefficient (Wildman–Crippen LogP) is 2.02. The zero-order valence-corrected chi connectivity index (χ0v) is 17.7. The van der Waals surface area contributed by atoms with Gasteiger partial charge in [-0.25, -0.2) is 0 Å².